The van der Waals surface area contributed by atoms with Gasteiger partial charge in [0.15, 0.2) is 4.34 Å². The molecule has 2 aromatic heterocycles. The number of benzene rings is 2. The summed E-state index contributed by atoms with van der Waals surface area (Å²) in [5.41, 5.74) is 3.13. The van der Waals surface area contributed by atoms with Crippen LogP contribution < -0.4 is 10.6 Å². The second-order valence-corrected chi connectivity index (χ2v) is 9.06. The van der Waals surface area contributed by atoms with Crippen LogP contribution in [0.15, 0.2) is 59.1 Å². The summed E-state index contributed by atoms with van der Waals surface area (Å²) in [6.45, 7) is 1.09. The van der Waals surface area contributed by atoms with E-state index in [9.17, 15) is 5.11 Å². The molecule has 2 heterocycles. The number of H-pyrrole nitrogens is 1. The van der Waals surface area contributed by atoms with Crippen molar-refractivity contribution in [2.45, 2.75) is 17.0 Å². The molecule has 0 radical (unpaired) electrons. The molecule has 2 aromatic carbocycles. The Balaban J connectivity index is 1.24. The van der Waals surface area contributed by atoms with Crippen LogP contribution in [0, 0.1) is 0 Å². The van der Waals surface area contributed by atoms with Crippen molar-refractivity contribution in [2.75, 3.05) is 22.9 Å². The highest BCUT2D eigenvalue weighted by Crippen LogP contribution is 2.27. The molecule has 4 N–H and O–H groups in total. The molecule has 0 unspecified atom stereocenters. The van der Waals surface area contributed by atoms with Crippen LogP contribution in [-0.4, -0.2) is 38.7 Å². The van der Waals surface area contributed by atoms with E-state index in [0.29, 0.717) is 23.9 Å². The number of para-hydroxylation sites is 2. The molecule has 150 valence electrons. The van der Waals surface area contributed by atoms with Gasteiger partial charge in [0.25, 0.3) is 0 Å². The van der Waals surface area contributed by atoms with Crippen molar-refractivity contribution in [1.29, 1.82) is 0 Å². The molecule has 6 nitrogen and oxygen atoms in total. The van der Waals surface area contributed by atoms with E-state index >= 15 is 0 Å². The number of nitrogens with zero attached hydrogens (tertiary/aromatic N) is 2. The van der Waals surface area contributed by atoms with E-state index < -0.39 is 6.10 Å². The number of aromatic amines is 1. The molecule has 1 atom stereocenters. The summed E-state index contributed by atoms with van der Waals surface area (Å²) in [6.07, 6.45) is 1.49. The fourth-order valence-electron chi connectivity index (χ4n) is 2.85. The molecular formula is C20H20ClN5OS2. The molecule has 4 rings (SSSR count). The number of hydrogen-bond donors (Lipinski definition) is 4. The lowest BCUT2D eigenvalue weighted by Crippen LogP contribution is -2.21. The second-order valence-electron chi connectivity index (χ2n) is 6.41. The minimum Gasteiger partial charge on any atom is -0.390 e. The summed E-state index contributed by atoms with van der Waals surface area (Å²) in [6, 6.07) is 15.7. The lowest BCUT2D eigenvalue weighted by Gasteiger charge is -2.12. The van der Waals surface area contributed by atoms with Crippen molar-refractivity contribution < 1.29 is 5.11 Å². The number of hydrogen-bond acceptors (Lipinski definition) is 7. The first-order chi connectivity index (χ1) is 14.2. The van der Waals surface area contributed by atoms with Crippen molar-refractivity contribution in [3.05, 3.63) is 65.3 Å². The van der Waals surface area contributed by atoms with E-state index in [1.54, 1.807) is 0 Å². The van der Waals surface area contributed by atoms with Crippen molar-refractivity contribution in [1.82, 2.24) is 15.2 Å². The molecule has 0 spiro atoms. The summed E-state index contributed by atoms with van der Waals surface area (Å²) in [4.78, 5) is 3.27. The molecule has 0 saturated heterocycles. The van der Waals surface area contributed by atoms with Gasteiger partial charge in [-0.05, 0) is 23.8 Å². The Hall–Kier alpha value is -2.26. The Labute approximate surface area is 181 Å². The second kappa shape index (κ2) is 9.49. The quantitative estimate of drug-likeness (QED) is 0.275. The number of nitrogens with one attached hydrogen (secondary N) is 3. The van der Waals surface area contributed by atoms with Gasteiger partial charge in [0.2, 0.25) is 5.13 Å². The van der Waals surface area contributed by atoms with Gasteiger partial charge >= 0.3 is 0 Å². The summed E-state index contributed by atoms with van der Waals surface area (Å²) < 4.78 is 0.822. The monoisotopic (exact) mass is 445 g/mol. The average molecular weight is 446 g/mol. The number of rotatable bonds is 9. The molecule has 0 aliphatic heterocycles. The number of thioether (sulfide) groups is 1. The number of anilines is 2. The van der Waals surface area contributed by atoms with Crippen molar-refractivity contribution >= 4 is 56.4 Å². The summed E-state index contributed by atoms with van der Waals surface area (Å²) >= 11 is 9.08. The molecule has 0 aliphatic rings. The first kappa shape index (κ1) is 20.0. The number of aliphatic hydroxyl groups is 1. The Kier molecular flexibility index (Phi) is 6.56. The Morgan fingerprint density at radius 2 is 1.93 bits per heavy atom. The van der Waals surface area contributed by atoms with Gasteiger partial charge in [-0.1, -0.05) is 65.0 Å². The van der Waals surface area contributed by atoms with E-state index in [0.717, 1.165) is 20.7 Å². The van der Waals surface area contributed by atoms with Crippen LogP contribution in [-0.2, 0) is 6.54 Å². The minimum atomic E-state index is -0.525. The van der Waals surface area contributed by atoms with Crippen LogP contribution in [0.4, 0.5) is 10.8 Å². The maximum Gasteiger partial charge on any atom is 0.206 e. The zero-order valence-electron chi connectivity index (χ0n) is 15.4. The summed E-state index contributed by atoms with van der Waals surface area (Å²) in [7, 11) is 0. The number of aliphatic hydroxyl groups excluding tert-OH is 1. The molecule has 29 heavy (non-hydrogen) atoms. The maximum atomic E-state index is 10.2. The summed E-state index contributed by atoms with van der Waals surface area (Å²) in [5, 5.41) is 27.7. The van der Waals surface area contributed by atoms with Crippen LogP contribution in [0.5, 0.6) is 0 Å². The van der Waals surface area contributed by atoms with Gasteiger partial charge in [-0.3, -0.25) is 0 Å². The Morgan fingerprint density at radius 1 is 1.10 bits per heavy atom. The van der Waals surface area contributed by atoms with E-state index in [2.05, 4.69) is 37.9 Å². The van der Waals surface area contributed by atoms with Gasteiger partial charge in [-0.2, -0.15) is 0 Å². The van der Waals surface area contributed by atoms with Crippen LogP contribution in [0.3, 0.4) is 0 Å². The lowest BCUT2D eigenvalue weighted by atomic mass is 10.2. The van der Waals surface area contributed by atoms with Gasteiger partial charge < -0.3 is 20.7 Å². The molecule has 0 fully saturated rings. The predicted octanol–water partition coefficient (Wildman–Crippen LogP) is 4.85. The zero-order chi connectivity index (χ0) is 20.1. The van der Waals surface area contributed by atoms with Crippen molar-refractivity contribution in [2.24, 2.45) is 0 Å². The SMILES string of the molecule is O[C@@H](CNc1ccccc1Cl)CSc1nnc(NCc2c[nH]c3ccccc23)s1. The number of fused-ring (bicyclic) bond motifs is 1. The summed E-state index contributed by atoms with van der Waals surface area (Å²) in [5.74, 6) is 0.522. The van der Waals surface area contributed by atoms with Crippen LogP contribution in [0.2, 0.25) is 5.02 Å². The third kappa shape index (κ3) is 5.22. The fourth-order valence-corrected chi connectivity index (χ4v) is 4.75. The third-order valence-corrected chi connectivity index (χ3v) is 6.80. The van der Waals surface area contributed by atoms with Gasteiger partial charge in [-0.15, -0.1) is 10.2 Å². The first-order valence-corrected chi connectivity index (χ1v) is 11.3. The van der Waals surface area contributed by atoms with Crippen LogP contribution in [0.1, 0.15) is 5.56 Å². The molecule has 0 aliphatic carbocycles. The molecule has 0 bridgehead atoms. The topological polar surface area (TPSA) is 85.9 Å². The smallest absolute Gasteiger partial charge is 0.206 e. The molecule has 4 aromatic rings. The van der Waals surface area contributed by atoms with E-state index in [1.165, 1.54) is 34.0 Å². The van der Waals surface area contributed by atoms with Crippen molar-refractivity contribution in [3.63, 3.8) is 0 Å². The van der Waals surface area contributed by atoms with Gasteiger partial charge in [0.1, 0.15) is 0 Å². The van der Waals surface area contributed by atoms with E-state index in [4.69, 9.17) is 11.6 Å². The Morgan fingerprint density at radius 3 is 2.83 bits per heavy atom. The fraction of sp³-hybridized carbons (Fsp3) is 0.200. The van der Waals surface area contributed by atoms with Gasteiger partial charge in [0, 0.05) is 35.9 Å². The zero-order valence-corrected chi connectivity index (χ0v) is 17.8. The highest BCUT2D eigenvalue weighted by Gasteiger charge is 2.11. The van der Waals surface area contributed by atoms with Gasteiger partial charge in [-0.25, -0.2) is 0 Å². The minimum absolute atomic E-state index is 0.418. The highest BCUT2D eigenvalue weighted by atomic mass is 35.5. The van der Waals surface area contributed by atoms with E-state index in [-0.39, 0.29) is 0 Å². The molecule has 9 heteroatoms. The standard InChI is InChI=1S/C20H20ClN5OS2/c21-16-6-2-4-8-18(16)23-11-14(27)12-28-20-26-25-19(29-20)24-10-13-9-22-17-7-3-1-5-15(13)17/h1-9,14,22-23,27H,10-12H2,(H,24,25)/t14-/m0/s1. The van der Waals surface area contributed by atoms with Crippen LogP contribution >= 0.6 is 34.7 Å². The lowest BCUT2D eigenvalue weighted by molar-refractivity contribution is 0.213. The molecule has 0 saturated carbocycles. The third-order valence-electron chi connectivity index (χ3n) is 4.31. The molecular weight excluding hydrogens is 426 g/mol. The normalized spacial score (nSPS) is 12.2. The first-order valence-electron chi connectivity index (χ1n) is 9.10. The maximum absolute atomic E-state index is 10.2. The Bertz CT molecular complexity index is 1080. The van der Waals surface area contributed by atoms with Crippen LogP contribution in [0.25, 0.3) is 10.9 Å². The number of aromatic nitrogens is 3. The van der Waals surface area contributed by atoms with Gasteiger partial charge in [0.05, 0.1) is 16.8 Å². The highest BCUT2D eigenvalue weighted by molar-refractivity contribution is 8.01. The van der Waals surface area contributed by atoms with Crippen molar-refractivity contribution in [3.8, 4) is 0 Å². The van der Waals surface area contributed by atoms with E-state index in [1.807, 2.05) is 42.6 Å². The largest absolute Gasteiger partial charge is 0.390 e. The average Bonchev–Trinajstić information content (AvgIpc) is 3.37. The number of halogens is 1. The molecule has 0 amide bonds. The predicted molar refractivity (Wildman–Crippen MR) is 122 cm³/mol.